The quantitative estimate of drug-likeness (QED) is 0.912. The molecule has 0 aliphatic rings. The van der Waals surface area contributed by atoms with E-state index in [-0.39, 0.29) is 4.90 Å². The highest BCUT2D eigenvalue weighted by molar-refractivity contribution is 7.92. The zero-order valence-electron chi connectivity index (χ0n) is 11.0. The first-order valence-electron chi connectivity index (χ1n) is 6.05. The van der Waals surface area contributed by atoms with E-state index in [1.54, 1.807) is 6.07 Å². The van der Waals surface area contributed by atoms with E-state index in [1.165, 1.54) is 25.1 Å². The summed E-state index contributed by atoms with van der Waals surface area (Å²) >= 11 is 0. The normalized spacial score (nSPS) is 13.0. The summed E-state index contributed by atoms with van der Waals surface area (Å²) in [5.74, 6) is -1.64. The third kappa shape index (κ3) is 3.56. The smallest absolute Gasteiger partial charge is 0.261 e. The number of aliphatic hydroxyl groups excluding tert-OH is 1. The summed E-state index contributed by atoms with van der Waals surface area (Å²) in [7, 11) is -4.08. The molecule has 0 radical (unpaired) electrons. The van der Waals surface area contributed by atoms with Gasteiger partial charge in [-0.15, -0.1) is 0 Å². The molecule has 0 heterocycles. The van der Waals surface area contributed by atoms with E-state index in [1.807, 2.05) is 4.72 Å². The van der Waals surface area contributed by atoms with Crippen LogP contribution in [0.5, 0.6) is 0 Å². The molecule has 0 amide bonds. The fourth-order valence-electron chi connectivity index (χ4n) is 1.72. The number of benzene rings is 2. The molecule has 0 spiro atoms. The summed E-state index contributed by atoms with van der Waals surface area (Å²) in [6.07, 6.45) is -0.842. The molecule has 4 nitrogen and oxygen atoms in total. The predicted octanol–water partition coefficient (Wildman–Crippen LogP) is 2.82. The maximum atomic E-state index is 13.5. The summed E-state index contributed by atoms with van der Waals surface area (Å²) in [5.41, 5.74) is -0.0740. The highest BCUT2D eigenvalue weighted by Gasteiger charge is 2.18. The highest BCUT2D eigenvalue weighted by Crippen LogP contribution is 2.22. The van der Waals surface area contributed by atoms with Crippen molar-refractivity contribution in [2.45, 2.75) is 17.9 Å². The molecule has 0 bridgehead atoms. The predicted molar refractivity (Wildman–Crippen MR) is 74.2 cm³/mol. The maximum absolute atomic E-state index is 13.5. The van der Waals surface area contributed by atoms with Gasteiger partial charge in [0, 0.05) is 6.07 Å². The second kappa shape index (κ2) is 5.79. The summed E-state index contributed by atoms with van der Waals surface area (Å²) in [6.45, 7) is 1.49. The lowest BCUT2D eigenvalue weighted by atomic mass is 10.1. The van der Waals surface area contributed by atoms with Crippen LogP contribution >= 0.6 is 0 Å². The lowest BCUT2D eigenvalue weighted by Crippen LogP contribution is -2.14. The van der Waals surface area contributed by atoms with Crippen LogP contribution in [0.2, 0.25) is 0 Å². The molecule has 21 heavy (non-hydrogen) atoms. The van der Waals surface area contributed by atoms with Gasteiger partial charge < -0.3 is 5.11 Å². The molecule has 2 N–H and O–H groups in total. The zero-order chi connectivity index (χ0) is 15.6. The van der Waals surface area contributed by atoms with E-state index in [2.05, 4.69) is 0 Å². The number of anilines is 1. The molecule has 0 aliphatic carbocycles. The van der Waals surface area contributed by atoms with Crippen LogP contribution < -0.4 is 4.72 Å². The van der Waals surface area contributed by atoms with Gasteiger partial charge >= 0.3 is 0 Å². The number of sulfonamides is 1. The number of halogens is 2. The van der Waals surface area contributed by atoms with Crippen molar-refractivity contribution in [1.82, 2.24) is 0 Å². The minimum absolute atomic E-state index is 0.149. The molecule has 1 unspecified atom stereocenters. The molecule has 0 fully saturated rings. The average Bonchev–Trinajstić information content (AvgIpc) is 2.43. The molecule has 2 aromatic carbocycles. The van der Waals surface area contributed by atoms with Crippen LogP contribution in [0.25, 0.3) is 0 Å². The van der Waals surface area contributed by atoms with Gasteiger partial charge in [0.25, 0.3) is 10.0 Å². The third-order valence-corrected chi connectivity index (χ3v) is 4.19. The zero-order valence-corrected chi connectivity index (χ0v) is 11.9. The minimum Gasteiger partial charge on any atom is -0.389 e. The van der Waals surface area contributed by atoms with Crippen LogP contribution in [-0.2, 0) is 10.0 Å². The van der Waals surface area contributed by atoms with E-state index in [0.717, 1.165) is 18.2 Å². The Morgan fingerprint density at radius 2 is 1.86 bits per heavy atom. The Morgan fingerprint density at radius 1 is 1.14 bits per heavy atom. The largest absolute Gasteiger partial charge is 0.389 e. The van der Waals surface area contributed by atoms with Gasteiger partial charge in [-0.05, 0) is 36.8 Å². The van der Waals surface area contributed by atoms with Crippen LogP contribution in [0, 0.1) is 11.6 Å². The first-order chi connectivity index (χ1) is 9.79. The minimum atomic E-state index is -4.08. The van der Waals surface area contributed by atoms with Crippen molar-refractivity contribution < 1.29 is 22.3 Å². The monoisotopic (exact) mass is 313 g/mol. The van der Waals surface area contributed by atoms with Gasteiger partial charge in [0.05, 0.1) is 16.7 Å². The second-order valence-electron chi connectivity index (χ2n) is 4.48. The molecule has 0 aromatic heterocycles. The van der Waals surface area contributed by atoms with Crippen LogP contribution in [0.4, 0.5) is 14.5 Å². The van der Waals surface area contributed by atoms with Gasteiger partial charge in [0.2, 0.25) is 0 Å². The number of hydrogen-bond donors (Lipinski definition) is 2. The molecular formula is C14H13F2NO3S. The van der Waals surface area contributed by atoms with Gasteiger partial charge in [0.1, 0.15) is 11.6 Å². The van der Waals surface area contributed by atoms with Gasteiger partial charge in [-0.1, -0.05) is 12.1 Å². The first-order valence-corrected chi connectivity index (χ1v) is 7.54. The van der Waals surface area contributed by atoms with Gasteiger partial charge in [-0.25, -0.2) is 17.2 Å². The second-order valence-corrected chi connectivity index (χ2v) is 6.16. The van der Waals surface area contributed by atoms with E-state index < -0.39 is 33.4 Å². The fourth-order valence-corrected chi connectivity index (χ4v) is 2.83. The molecule has 112 valence electrons. The van der Waals surface area contributed by atoms with E-state index >= 15 is 0 Å². The average molecular weight is 313 g/mol. The Bertz CT molecular complexity index is 761. The van der Waals surface area contributed by atoms with Gasteiger partial charge in [-0.3, -0.25) is 4.72 Å². The topological polar surface area (TPSA) is 66.4 Å². The Morgan fingerprint density at radius 3 is 2.52 bits per heavy atom. The standard InChI is InChI=1S/C14H13F2NO3S/c1-9(18)10-3-2-4-12(7-10)21(19,20)17-14-8-11(15)5-6-13(14)16/h2-9,17-18H,1H3. The van der Waals surface area contributed by atoms with Crippen LogP contribution in [0.15, 0.2) is 47.4 Å². The number of aliphatic hydroxyl groups is 1. The molecular weight excluding hydrogens is 300 g/mol. The molecule has 7 heteroatoms. The maximum Gasteiger partial charge on any atom is 0.261 e. The third-order valence-electron chi connectivity index (χ3n) is 2.82. The SMILES string of the molecule is CC(O)c1cccc(S(=O)(=O)Nc2cc(F)ccc2F)c1. The Labute approximate surface area is 121 Å². The van der Waals surface area contributed by atoms with Crippen molar-refractivity contribution in [1.29, 1.82) is 0 Å². The summed E-state index contributed by atoms with van der Waals surface area (Å²) < 4.78 is 52.9. The fraction of sp³-hybridized carbons (Fsp3) is 0.143. The molecule has 2 rings (SSSR count). The van der Waals surface area contributed by atoms with Crippen molar-refractivity contribution in [2.75, 3.05) is 4.72 Å². The van der Waals surface area contributed by atoms with Crippen LogP contribution in [0.3, 0.4) is 0 Å². The first kappa shape index (κ1) is 15.4. The van der Waals surface area contributed by atoms with Crippen molar-refractivity contribution in [3.05, 3.63) is 59.7 Å². The van der Waals surface area contributed by atoms with Crippen molar-refractivity contribution in [3.8, 4) is 0 Å². The number of hydrogen-bond acceptors (Lipinski definition) is 3. The molecule has 0 saturated heterocycles. The number of rotatable bonds is 4. The van der Waals surface area contributed by atoms with Crippen molar-refractivity contribution in [3.63, 3.8) is 0 Å². The molecule has 2 aromatic rings. The van der Waals surface area contributed by atoms with Gasteiger partial charge in [-0.2, -0.15) is 0 Å². The summed E-state index contributed by atoms with van der Waals surface area (Å²) in [6, 6.07) is 8.06. The van der Waals surface area contributed by atoms with Crippen LogP contribution in [0.1, 0.15) is 18.6 Å². The molecule has 0 saturated carbocycles. The Hall–Kier alpha value is -1.99. The van der Waals surface area contributed by atoms with Crippen molar-refractivity contribution in [2.24, 2.45) is 0 Å². The van der Waals surface area contributed by atoms with Crippen LogP contribution in [-0.4, -0.2) is 13.5 Å². The summed E-state index contributed by atoms with van der Waals surface area (Å²) in [4.78, 5) is -0.149. The lowest BCUT2D eigenvalue weighted by molar-refractivity contribution is 0.199. The lowest BCUT2D eigenvalue weighted by Gasteiger charge is -2.11. The number of nitrogens with one attached hydrogen (secondary N) is 1. The molecule has 1 atom stereocenters. The van der Waals surface area contributed by atoms with E-state index in [4.69, 9.17) is 0 Å². The Kier molecular flexibility index (Phi) is 4.24. The highest BCUT2D eigenvalue weighted by atomic mass is 32.2. The van der Waals surface area contributed by atoms with Crippen molar-refractivity contribution >= 4 is 15.7 Å². The van der Waals surface area contributed by atoms with Gasteiger partial charge in [0.15, 0.2) is 0 Å². The Balaban J connectivity index is 2.38. The van der Waals surface area contributed by atoms with E-state index in [9.17, 15) is 22.3 Å². The van der Waals surface area contributed by atoms with E-state index in [0.29, 0.717) is 5.56 Å². The molecule has 0 aliphatic heterocycles. The summed E-state index contributed by atoms with van der Waals surface area (Å²) in [5, 5.41) is 9.46.